The molecule has 0 radical (unpaired) electrons. The Bertz CT molecular complexity index is 671. The lowest BCUT2D eigenvalue weighted by Crippen LogP contribution is -2.50. The summed E-state index contributed by atoms with van der Waals surface area (Å²) in [6.07, 6.45) is -3.20. The minimum absolute atomic E-state index is 0.282. The van der Waals surface area contributed by atoms with Crippen molar-refractivity contribution >= 4 is 27.4 Å². The number of aryl methyl sites for hydroxylation is 1. The van der Waals surface area contributed by atoms with Crippen LogP contribution in [0.1, 0.15) is 18.7 Å². The molecule has 1 aromatic rings. The van der Waals surface area contributed by atoms with Crippen molar-refractivity contribution in [3.05, 3.63) is 17.0 Å². The van der Waals surface area contributed by atoms with Crippen LogP contribution in [0.2, 0.25) is 5.15 Å². The quantitative estimate of drug-likeness (QED) is 0.742. The van der Waals surface area contributed by atoms with Gasteiger partial charge in [0, 0.05) is 25.2 Å². The molecule has 11 heteroatoms. The van der Waals surface area contributed by atoms with Crippen LogP contribution in [-0.2, 0) is 10.0 Å². The highest BCUT2D eigenvalue weighted by Crippen LogP contribution is 2.27. The van der Waals surface area contributed by atoms with Gasteiger partial charge in [-0.25, -0.2) is 18.4 Å². The fraction of sp³-hybridized carbons (Fsp3) is 0.692. The minimum atomic E-state index is -4.57. The SMILES string of the molecule is Cc1nc(Cl)cc(N2CCC(N(CC(F)(F)F)S(C)(=O)=O)CC2)n1. The van der Waals surface area contributed by atoms with Crippen LogP contribution in [0.5, 0.6) is 0 Å². The molecule has 136 valence electrons. The summed E-state index contributed by atoms with van der Waals surface area (Å²) in [4.78, 5) is 10.1. The summed E-state index contributed by atoms with van der Waals surface area (Å²) in [7, 11) is -3.95. The van der Waals surface area contributed by atoms with E-state index in [-0.39, 0.29) is 18.0 Å². The molecular formula is C13H18ClF3N4O2S. The topological polar surface area (TPSA) is 66.4 Å². The number of hydrogen-bond acceptors (Lipinski definition) is 5. The summed E-state index contributed by atoms with van der Waals surface area (Å²) in [6.45, 7) is 1.01. The number of hydrogen-bond donors (Lipinski definition) is 0. The lowest BCUT2D eigenvalue weighted by atomic mass is 10.1. The Kier molecular flexibility index (Phi) is 5.61. The third-order valence-electron chi connectivity index (χ3n) is 3.75. The number of aromatic nitrogens is 2. The first-order valence-electron chi connectivity index (χ1n) is 7.25. The Morgan fingerprint density at radius 3 is 2.38 bits per heavy atom. The zero-order valence-electron chi connectivity index (χ0n) is 13.2. The Morgan fingerprint density at radius 2 is 1.92 bits per heavy atom. The second-order valence-corrected chi connectivity index (χ2v) is 8.06. The van der Waals surface area contributed by atoms with Crippen LogP contribution in [0.15, 0.2) is 6.07 Å². The Balaban J connectivity index is 2.09. The van der Waals surface area contributed by atoms with Gasteiger partial charge in [-0.05, 0) is 19.8 Å². The van der Waals surface area contributed by atoms with Crippen LogP contribution < -0.4 is 4.90 Å². The Hall–Kier alpha value is -1.13. The fourth-order valence-electron chi connectivity index (χ4n) is 2.76. The van der Waals surface area contributed by atoms with E-state index >= 15 is 0 Å². The van der Waals surface area contributed by atoms with Gasteiger partial charge in [0.15, 0.2) is 0 Å². The van der Waals surface area contributed by atoms with Crippen molar-refractivity contribution in [2.45, 2.75) is 32.0 Å². The fourth-order valence-corrected chi connectivity index (χ4v) is 4.11. The van der Waals surface area contributed by atoms with Gasteiger partial charge in [0.1, 0.15) is 23.3 Å². The molecule has 0 N–H and O–H groups in total. The van der Waals surface area contributed by atoms with E-state index in [1.165, 1.54) is 0 Å². The largest absolute Gasteiger partial charge is 0.402 e. The number of rotatable bonds is 4. The summed E-state index contributed by atoms with van der Waals surface area (Å²) in [5.74, 6) is 1.09. The molecule has 1 fully saturated rings. The van der Waals surface area contributed by atoms with Gasteiger partial charge in [0.2, 0.25) is 10.0 Å². The van der Waals surface area contributed by atoms with E-state index in [0.29, 0.717) is 29.0 Å². The van der Waals surface area contributed by atoms with Crippen LogP contribution in [0.3, 0.4) is 0 Å². The highest BCUT2D eigenvalue weighted by atomic mass is 35.5. The van der Waals surface area contributed by atoms with Crippen molar-refractivity contribution in [3.8, 4) is 0 Å². The summed E-state index contributed by atoms with van der Waals surface area (Å²) in [6, 6.07) is 0.898. The first-order chi connectivity index (χ1) is 11.0. The van der Waals surface area contributed by atoms with Crippen LogP contribution in [0.4, 0.5) is 19.0 Å². The molecule has 1 aliphatic rings. The van der Waals surface area contributed by atoms with Crippen molar-refractivity contribution in [2.24, 2.45) is 0 Å². The van der Waals surface area contributed by atoms with E-state index in [4.69, 9.17) is 11.6 Å². The first-order valence-corrected chi connectivity index (χ1v) is 9.48. The molecule has 0 aliphatic carbocycles. The molecule has 0 amide bonds. The van der Waals surface area contributed by atoms with Crippen molar-refractivity contribution in [2.75, 3.05) is 30.8 Å². The van der Waals surface area contributed by atoms with E-state index in [9.17, 15) is 21.6 Å². The number of alkyl halides is 3. The maximum Gasteiger partial charge on any atom is 0.402 e. The highest BCUT2D eigenvalue weighted by molar-refractivity contribution is 7.88. The van der Waals surface area contributed by atoms with Crippen LogP contribution in [-0.4, -0.2) is 60.8 Å². The van der Waals surface area contributed by atoms with Gasteiger partial charge in [-0.1, -0.05) is 11.6 Å². The second-order valence-electron chi connectivity index (χ2n) is 5.74. The molecule has 0 unspecified atom stereocenters. The maximum absolute atomic E-state index is 12.7. The highest BCUT2D eigenvalue weighted by Gasteiger charge is 2.39. The molecule has 0 bridgehead atoms. The molecule has 1 aromatic heterocycles. The van der Waals surface area contributed by atoms with E-state index in [2.05, 4.69) is 9.97 Å². The van der Waals surface area contributed by atoms with Gasteiger partial charge >= 0.3 is 6.18 Å². The molecule has 0 spiro atoms. The van der Waals surface area contributed by atoms with E-state index in [1.807, 2.05) is 4.90 Å². The normalized spacial score (nSPS) is 17.5. The monoisotopic (exact) mass is 386 g/mol. The molecule has 0 aromatic carbocycles. The number of sulfonamides is 1. The third kappa shape index (κ3) is 5.18. The summed E-state index contributed by atoms with van der Waals surface area (Å²) in [5, 5.41) is 0.287. The van der Waals surface area contributed by atoms with E-state index < -0.39 is 28.8 Å². The third-order valence-corrected chi connectivity index (χ3v) is 5.22. The smallest absolute Gasteiger partial charge is 0.356 e. The minimum Gasteiger partial charge on any atom is -0.356 e. The van der Waals surface area contributed by atoms with Crippen LogP contribution in [0, 0.1) is 6.92 Å². The number of halogens is 4. The van der Waals surface area contributed by atoms with Gasteiger partial charge in [-0.15, -0.1) is 0 Å². The molecule has 2 rings (SSSR count). The predicted molar refractivity (Wildman–Crippen MR) is 84.6 cm³/mol. The maximum atomic E-state index is 12.7. The van der Waals surface area contributed by atoms with Crippen molar-refractivity contribution in [3.63, 3.8) is 0 Å². The standard InChI is InChI=1S/C13H18ClF3N4O2S/c1-9-18-11(14)7-12(19-9)20-5-3-10(4-6-20)21(24(2,22)23)8-13(15,16)17/h7,10H,3-6,8H2,1-2H3. The van der Waals surface area contributed by atoms with Gasteiger partial charge < -0.3 is 4.90 Å². The van der Waals surface area contributed by atoms with Crippen LogP contribution >= 0.6 is 11.6 Å². The summed E-state index contributed by atoms with van der Waals surface area (Å²) < 4.78 is 62.0. The molecule has 24 heavy (non-hydrogen) atoms. The van der Waals surface area contributed by atoms with Gasteiger partial charge in [-0.2, -0.15) is 17.5 Å². The van der Waals surface area contributed by atoms with E-state index in [0.717, 1.165) is 6.26 Å². The van der Waals surface area contributed by atoms with Gasteiger partial charge in [-0.3, -0.25) is 0 Å². The molecule has 1 aliphatic heterocycles. The Labute approximate surface area is 143 Å². The lowest BCUT2D eigenvalue weighted by Gasteiger charge is -2.38. The second kappa shape index (κ2) is 7.01. The zero-order valence-corrected chi connectivity index (χ0v) is 14.8. The molecule has 2 heterocycles. The summed E-state index contributed by atoms with van der Waals surface area (Å²) in [5.41, 5.74) is 0. The molecule has 0 saturated carbocycles. The predicted octanol–water partition coefficient (Wildman–Crippen LogP) is 2.23. The molecular weight excluding hydrogens is 369 g/mol. The number of nitrogens with zero attached hydrogens (tertiary/aromatic N) is 4. The number of piperidine rings is 1. The molecule has 6 nitrogen and oxygen atoms in total. The van der Waals surface area contributed by atoms with Gasteiger partial charge in [0.25, 0.3) is 0 Å². The lowest BCUT2D eigenvalue weighted by molar-refractivity contribution is -0.139. The van der Waals surface area contributed by atoms with Crippen molar-refractivity contribution in [1.29, 1.82) is 0 Å². The van der Waals surface area contributed by atoms with Gasteiger partial charge in [0.05, 0.1) is 6.26 Å². The van der Waals surface area contributed by atoms with Crippen LogP contribution in [0.25, 0.3) is 0 Å². The average Bonchev–Trinajstić information content (AvgIpc) is 2.42. The van der Waals surface area contributed by atoms with E-state index in [1.54, 1.807) is 13.0 Å². The first kappa shape index (κ1) is 19.2. The van der Waals surface area contributed by atoms with Crippen molar-refractivity contribution < 1.29 is 21.6 Å². The Morgan fingerprint density at radius 1 is 1.33 bits per heavy atom. The van der Waals surface area contributed by atoms with Crippen molar-refractivity contribution in [1.82, 2.24) is 14.3 Å². The molecule has 1 saturated heterocycles. The summed E-state index contributed by atoms with van der Waals surface area (Å²) >= 11 is 5.89. The number of anilines is 1. The molecule has 0 atom stereocenters. The average molecular weight is 387 g/mol. The zero-order chi connectivity index (χ0) is 18.1.